The van der Waals surface area contributed by atoms with Crippen LogP contribution in [0.1, 0.15) is 11.6 Å². The average molecular weight is 279 g/mol. The fourth-order valence-corrected chi connectivity index (χ4v) is 2.47. The van der Waals surface area contributed by atoms with Crippen LogP contribution in [0.25, 0.3) is 10.8 Å². The molecule has 0 spiro atoms. The fraction of sp³-hybridized carbons (Fsp3) is 0.0588. The standard InChI is InChI=1S/C17H13NO3/c19-16-14-9-5-4-6-12(14)10-11-18(16)15(17(20)21)13-7-2-1-3-8-13/h1-11,15H,(H,20,21). The molecule has 0 saturated heterocycles. The smallest absolute Gasteiger partial charge is 0.331 e. The maximum absolute atomic E-state index is 12.5. The zero-order valence-corrected chi connectivity index (χ0v) is 11.1. The monoisotopic (exact) mass is 279 g/mol. The van der Waals surface area contributed by atoms with Gasteiger partial charge in [0, 0.05) is 11.6 Å². The van der Waals surface area contributed by atoms with E-state index in [1.165, 1.54) is 10.8 Å². The zero-order chi connectivity index (χ0) is 14.8. The van der Waals surface area contributed by atoms with Gasteiger partial charge in [0.15, 0.2) is 6.04 Å². The van der Waals surface area contributed by atoms with Gasteiger partial charge in [0.2, 0.25) is 0 Å². The Bertz CT molecular complexity index is 853. The Labute approximate surface area is 120 Å². The summed E-state index contributed by atoms with van der Waals surface area (Å²) in [4.78, 5) is 24.2. The van der Waals surface area contributed by atoms with E-state index in [0.29, 0.717) is 10.9 Å². The number of rotatable bonds is 3. The summed E-state index contributed by atoms with van der Waals surface area (Å²) >= 11 is 0. The van der Waals surface area contributed by atoms with Crippen LogP contribution in [0.3, 0.4) is 0 Å². The first-order valence-corrected chi connectivity index (χ1v) is 6.56. The Morgan fingerprint density at radius 3 is 2.33 bits per heavy atom. The van der Waals surface area contributed by atoms with Crippen molar-refractivity contribution in [3.63, 3.8) is 0 Å². The molecule has 1 atom stereocenters. The van der Waals surface area contributed by atoms with Crippen LogP contribution in [-0.2, 0) is 4.79 Å². The molecule has 0 fully saturated rings. The van der Waals surface area contributed by atoms with Crippen molar-refractivity contribution >= 4 is 16.7 Å². The van der Waals surface area contributed by atoms with Crippen molar-refractivity contribution in [3.8, 4) is 0 Å². The lowest BCUT2D eigenvalue weighted by atomic mass is 10.1. The van der Waals surface area contributed by atoms with E-state index in [2.05, 4.69) is 0 Å². The summed E-state index contributed by atoms with van der Waals surface area (Å²) in [6.07, 6.45) is 1.54. The van der Waals surface area contributed by atoms with E-state index in [-0.39, 0.29) is 5.56 Å². The van der Waals surface area contributed by atoms with Crippen molar-refractivity contribution < 1.29 is 9.90 Å². The Balaban J connectivity index is 2.24. The second kappa shape index (κ2) is 5.25. The largest absolute Gasteiger partial charge is 0.479 e. The average Bonchev–Trinajstić information content (AvgIpc) is 2.51. The second-order valence-electron chi connectivity index (χ2n) is 4.77. The topological polar surface area (TPSA) is 59.3 Å². The molecule has 1 N–H and O–H groups in total. The molecule has 0 aliphatic rings. The summed E-state index contributed by atoms with van der Waals surface area (Å²) in [6.45, 7) is 0. The number of hydrogen-bond acceptors (Lipinski definition) is 2. The zero-order valence-electron chi connectivity index (χ0n) is 11.1. The van der Waals surface area contributed by atoms with Gasteiger partial charge < -0.3 is 5.11 Å². The SMILES string of the molecule is O=C(O)C(c1ccccc1)n1ccc2ccccc2c1=O. The molecule has 2 aromatic carbocycles. The van der Waals surface area contributed by atoms with Gasteiger partial charge in [0.1, 0.15) is 0 Å². The number of pyridine rings is 1. The Hall–Kier alpha value is -2.88. The molecule has 4 heteroatoms. The summed E-state index contributed by atoms with van der Waals surface area (Å²) in [5.74, 6) is -1.06. The lowest BCUT2D eigenvalue weighted by Gasteiger charge is -2.16. The van der Waals surface area contributed by atoms with Gasteiger partial charge in [-0.05, 0) is 23.1 Å². The maximum atomic E-state index is 12.5. The molecule has 0 amide bonds. The molecule has 3 aromatic rings. The summed E-state index contributed by atoms with van der Waals surface area (Å²) in [5.41, 5.74) is 0.270. The number of carbonyl (C=O) groups is 1. The molecule has 0 radical (unpaired) electrons. The molecule has 0 saturated carbocycles. The lowest BCUT2D eigenvalue weighted by molar-refractivity contribution is -0.139. The molecule has 4 nitrogen and oxygen atoms in total. The van der Waals surface area contributed by atoms with Gasteiger partial charge in [0.25, 0.3) is 5.56 Å². The van der Waals surface area contributed by atoms with Crippen LogP contribution >= 0.6 is 0 Å². The van der Waals surface area contributed by atoms with E-state index in [9.17, 15) is 14.7 Å². The van der Waals surface area contributed by atoms with Gasteiger partial charge in [0.05, 0.1) is 0 Å². The summed E-state index contributed by atoms with van der Waals surface area (Å²) < 4.78 is 1.26. The molecule has 1 aromatic heterocycles. The van der Waals surface area contributed by atoms with Crippen molar-refractivity contribution in [2.45, 2.75) is 6.04 Å². The van der Waals surface area contributed by atoms with Crippen molar-refractivity contribution in [1.82, 2.24) is 4.57 Å². The summed E-state index contributed by atoms with van der Waals surface area (Å²) in [5, 5.41) is 10.8. The number of aliphatic carboxylic acids is 1. The highest BCUT2D eigenvalue weighted by Gasteiger charge is 2.23. The number of carboxylic acid groups (broad SMARTS) is 1. The van der Waals surface area contributed by atoms with Crippen LogP contribution < -0.4 is 5.56 Å². The van der Waals surface area contributed by atoms with Gasteiger partial charge in [-0.3, -0.25) is 9.36 Å². The van der Waals surface area contributed by atoms with Crippen LogP contribution in [0, 0.1) is 0 Å². The predicted octanol–water partition coefficient (Wildman–Crippen LogP) is 2.68. The highest BCUT2D eigenvalue weighted by molar-refractivity contribution is 5.82. The van der Waals surface area contributed by atoms with E-state index >= 15 is 0 Å². The third kappa shape index (κ3) is 2.31. The minimum atomic E-state index is -1.06. The van der Waals surface area contributed by atoms with Gasteiger partial charge >= 0.3 is 5.97 Å². The number of benzene rings is 2. The van der Waals surface area contributed by atoms with Crippen LogP contribution in [0.5, 0.6) is 0 Å². The van der Waals surface area contributed by atoms with E-state index in [4.69, 9.17) is 0 Å². The van der Waals surface area contributed by atoms with Crippen LogP contribution in [0.4, 0.5) is 0 Å². The van der Waals surface area contributed by atoms with Crippen molar-refractivity contribution in [2.75, 3.05) is 0 Å². The summed E-state index contributed by atoms with van der Waals surface area (Å²) in [7, 11) is 0. The Kier molecular flexibility index (Phi) is 3.28. The molecule has 0 aliphatic heterocycles. The summed E-state index contributed by atoms with van der Waals surface area (Å²) in [6, 6.07) is 16.6. The number of hydrogen-bond donors (Lipinski definition) is 1. The van der Waals surface area contributed by atoms with Crippen LogP contribution in [0.15, 0.2) is 71.7 Å². The molecule has 0 aliphatic carbocycles. The van der Waals surface area contributed by atoms with E-state index in [1.807, 2.05) is 18.2 Å². The molecule has 0 bridgehead atoms. The van der Waals surface area contributed by atoms with Crippen molar-refractivity contribution in [3.05, 3.63) is 82.8 Å². The van der Waals surface area contributed by atoms with Gasteiger partial charge in [-0.15, -0.1) is 0 Å². The minimum absolute atomic E-state index is 0.302. The van der Waals surface area contributed by atoms with Crippen LogP contribution in [0.2, 0.25) is 0 Å². The highest BCUT2D eigenvalue weighted by atomic mass is 16.4. The molecule has 3 rings (SSSR count). The first-order chi connectivity index (χ1) is 10.2. The number of carboxylic acids is 1. The van der Waals surface area contributed by atoms with E-state index in [1.54, 1.807) is 42.5 Å². The third-order valence-electron chi connectivity index (χ3n) is 3.47. The predicted molar refractivity (Wildman–Crippen MR) is 80.4 cm³/mol. The van der Waals surface area contributed by atoms with Crippen molar-refractivity contribution in [1.29, 1.82) is 0 Å². The maximum Gasteiger partial charge on any atom is 0.331 e. The normalized spacial score (nSPS) is 12.2. The van der Waals surface area contributed by atoms with E-state index in [0.717, 1.165) is 5.39 Å². The second-order valence-corrected chi connectivity index (χ2v) is 4.77. The fourth-order valence-electron chi connectivity index (χ4n) is 2.47. The Morgan fingerprint density at radius 2 is 1.62 bits per heavy atom. The molecule has 21 heavy (non-hydrogen) atoms. The lowest BCUT2D eigenvalue weighted by Crippen LogP contribution is -2.30. The minimum Gasteiger partial charge on any atom is -0.479 e. The van der Waals surface area contributed by atoms with Gasteiger partial charge in [-0.2, -0.15) is 0 Å². The number of nitrogens with zero attached hydrogens (tertiary/aromatic N) is 1. The molecule has 1 heterocycles. The van der Waals surface area contributed by atoms with Crippen molar-refractivity contribution in [2.24, 2.45) is 0 Å². The first kappa shape index (κ1) is 13.1. The number of aromatic nitrogens is 1. The highest BCUT2D eigenvalue weighted by Crippen LogP contribution is 2.18. The van der Waals surface area contributed by atoms with E-state index < -0.39 is 12.0 Å². The first-order valence-electron chi connectivity index (χ1n) is 6.56. The van der Waals surface area contributed by atoms with Gasteiger partial charge in [-0.25, -0.2) is 4.79 Å². The molecular weight excluding hydrogens is 266 g/mol. The van der Waals surface area contributed by atoms with Crippen LogP contribution in [-0.4, -0.2) is 15.6 Å². The molecule has 1 unspecified atom stereocenters. The molecular formula is C17H13NO3. The Morgan fingerprint density at radius 1 is 0.952 bits per heavy atom. The molecule has 104 valence electrons. The number of fused-ring (bicyclic) bond motifs is 1. The third-order valence-corrected chi connectivity index (χ3v) is 3.47. The van der Waals surface area contributed by atoms with Gasteiger partial charge in [-0.1, -0.05) is 48.5 Å². The quantitative estimate of drug-likeness (QED) is 0.802.